The minimum atomic E-state index is -0.716. The second-order valence-corrected chi connectivity index (χ2v) is 8.28. The van der Waals surface area contributed by atoms with Gasteiger partial charge in [-0.1, -0.05) is 15.9 Å². The molecule has 0 unspecified atom stereocenters. The van der Waals surface area contributed by atoms with Gasteiger partial charge in [-0.3, -0.25) is 0 Å². The number of rotatable bonds is 1. The summed E-state index contributed by atoms with van der Waals surface area (Å²) in [5.41, 5.74) is 0.454. The third-order valence-electron chi connectivity index (χ3n) is 4.27. The first-order valence-electron chi connectivity index (χ1n) is 8.39. The number of hydrogen-bond acceptors (Lipinski definition) is 5. The molecule has 0 N–H and O–H groups in total. The molecule has 1 aromatic rings. The van der Waals surface area contributed by atoms with E-state index in [0.29, 0.717) is 38.3 Å². The summed E-state index contributed by atoms with van der Waals surface area (Å²) in [5, 5.41) is 0. The van der Waals surface area contributed by atoms with E-state index in [1.165, 1.54) is 0 Å². The lowest BCUT2D eigenvalue weighted by Gasteiger charge is -2.44. The molecule has 0 aliphatic carbocycles. The summed E-state index contributed by atoms with van der Waals surface area (Å²) in [5.74, 6) is 0.691. The molecule has 2 aliphatic rings. The van der Waals surface area contributed by atoms with Gasteiger partial charge in [-0.15, -0.1) is 0 Å². The van der Waals surface area contributed by atoms with Gasteiger partial charge in [0.2, 0.25) is 5.79 Å². The molecule has 0 aromatic heterocycles. The summed E-state index contributed by atoms with van der Waals surface area (Å²) in [4.78, 5) is 13.9. The zero-order chi connectivity index (χ0) is 18.2. The number of carbonyl (C=O) groups is 1. The van der Waals surface area contributed by atoms with E-state index in [-0.39, 0.29) is 6.09 Å². The minimum absolute atomic E-state index is 0.292. The van der Waals surface area contributed by atoms with E-state index in [2.05, 4.69) is 15.9 Å². The Balaban J connectivity index is 1.70. The Labute approximate surface area is 156 Å². The molecule has 25 heavy (non-hydrogen) atoms. The Morgan fingerprint density at radius 2 is 1.96 bits per heavy atom. The Kier molecular flexibility index (Phi) is 4.90. The topological polar surface area (TPSA) is 57.2 Å². The van der Waals surface area contributed by atoms with Gasteiger partial charge in [0.1, 0.15) is 5.60 Å². The van der Waals surface area contributed by atoms with Gasteiger partial charge >= 0.3 is 6.09 Å². The first-order chi connectivity index (χ1) is 11.7. The van der Waals surface area contributed by atoms with Crippen molar-refractivity contribution < 1.29 is 23.7 Å². The third-order valence-corrected chi connectivity index (χ3v) is 4.73. The molecular formula is C18H24BrNO5. The van der Waals surface area contributed by atoms with Crippen LogP contribution in [-0.4, -0.2) is 42.6 Å². The second kappa shape index (κ2) is 6.68. The SMILES string of the molecule is COc1cc(Br)cc2c1OC1(CCN(C(=O)OC(C)(C)C)CC1)OC2. The van der Waals surface area contributed by atoms with E-state index < -0.39 is 11.4 Å². The summed E-state index contributed by atoms with van der Waals surface area (Å²) in [6.45, 7) is 7.12. The summed E-state index contributed by atoms with van der Waals surface area (Å²) < 4.78 is 24.1. The maximum atomic E-state index is 12.2. The van der Waals surface area contributed by atoms with Crippen molar-refractivity contribution in [2.24, 2.45) is 0 Å². The molecule has 138 valence electrons. The number of amides is 1. The number of piperidine rings is 1. The van der Waals surface area contributed by atoms with Crippen LogP contribution in [0.3, 0.4) is 0 Å². The Morgan fingerprint density at radius 1 is 1.28 bits per heavy atom. The quantitative estimate of drug-likeness (QED) is 0.693. The fourth-order valence-electron chi connectivity index (χ4n) is 3.02. The molecule has 1 amide bonds. The van der Waals surface area contributed by atoms with Gasteiger partial charge in [-0.2, -0.15) is 0 Å². The van der Waals surface area contributed by atoms with Crippen LogP contribution >= 0.6 is 15.9 Å². The highest BCUT2D eigenvalue weighted by Crippen LogP contribution is 2.44. The predicted octanol–water partition coefficient (Wildman–Crippen LogP) is 4.09. The van der Waals surface area contributed by atoms with Crippen molar-refractivity contribution in [3.05, 3.63) is 22.2 Å². The van der Waals surface area contributed by atoms with Crippen LogP contribution in [-0.2, 0) is 16.1 Å². The number of methoxy groups -OCH3 is 1. The van der Waals surface area contributed by atoms with Gasteiger partial charge in [-0.05, 0) is 32.9 Å². The molecule has 0 atom stereocenters. The number of nitrogens with zero attached hydrogens (tertiary/aromatic N) is 1. The van der Waals surface area contributed by atoms with Gasteiger partial charge in [0.05, 0.1) is 13.7 Å². The molecule has 3 rings (SSSR count). The molecule has 6 nitrogen and oxygen atoms in total. The van der Waals surface area contributed by atoms with Crippen LogP contribution in [0, 0.1) is 0 Å². The lowest BCUT2D eigenvalue weighted by molar-refractivity contribution is -0.227. The Hall–Kier alpha value is -1.47. The van der Waals surface area contributed by atoms with Crippen LogP contribution < -0.4 is 9.47 Å². The van der Waals surface area contributed by atoms with Gasteiger partial charge < -0.3 is 23.8 Å². The monoisotopic (exact) mass is 413 g/mol. The molecule has 2 heterocycles. The van der Waals surface area contributed by atoms with Crippen molar-refractivity contribution in [1.82, 2.24) is 4.90 Å². The van der Waals surface area contributed by atoms with Gasteiger partial charge in [-0.25, -0.2) is 4.79 Å². The highest BCUT2D eigenvalue weighted by molar-refractivity contribution is 9.10. The van der Waals surface area contributed by atoms with Crippen LogP contribution in [0.15, 0.2) is 16.6 Å². The summed E-state index contributed by atoms with van der Waals surface area (Å²) in [6.07, 6.45) is 0.885. The summed E-state index contributed by atoms with van der Waals surface area (Å²) in [6, 6.07) is 3.86. The van der Waals surface area contributed by atoms with Crippen LogP contribution in [0.2, 0.25) is 0 Å². The van der Waals surface area contributed by atoms with E-state index >= 15 is 0 Å². The summed E-state index contributed by atoms with van der Waals surface area (Å²) in [7, 11) is 1.62. The molecule has 7 heteroatoms. The number of likely N-dealkylation sites (tertiary alicyclic amines) is 1. The van der Waals surface area contributed by atoms with Gasteiger partial charge in [0.25, 0.3) is 0 Å². The molecule has 0 bridgehead atoms. The van der Waals surface area contributed by atoms with Crippen molar-refractivity contribution in [3.8, 4) is 11.5 Å². The van der Waals surface area contributed by atoms with Crippen molar-refractivity contribution in [3.63, 3.8) is 0 Å². The van der Waals surface area contributed by atoms with E-state index in [1.54, 1.807) is 12.0 Å². The lowest BCUT2D eigenvalue weighted by Crippen LogP contribution is -2.53. The van der Waals surface area contributed by atoms with E-state index in [9.17, 15) is 4.79 Å². The van der Waals surface area contributed by atoms with Crippen LogP contribution in [0.5, 0.6) is 11.5 Å². The standard InChI is InChI=1S/C18H24BrNO5/c1-17(2,3)25-16(21)20-7-5-18(6-8-20)23-11-12-9-13(19)10-14(22-4)15(12)24-18/h9-10H,5-8,11H2,1-4H3. The highest BCUT2D eigenvalue weighted by atomic mass is 79.9. The number of fused-ring (bicyclic) bond motifs is 1. The number of ether oxygens (including phenoxy) is 4. The Morgan fingerprint density at radius 3 is 2.56 bits per heavy atom. The van der Waals surface area contributed by atoms with Crippen molar-refractivity contribution in [1.29, 1.82) is 0 Å². The largest absolute Gasteiger partial charge is 0.493 e. The zero-order valence-corrected chi connectivity index (χ0v) is 16.6. The third kappa shape index (κ3) is 4.03. The smallest absolute Gasteiger partial charge is 0.410 e. The van der Waals surface area contributed by atoms with E-state index in [0.717, 1.165) is 15.8 Å². The zero-order valence-electron chi connectivity index (χ0n) is 15.1. The van der Waals surface area contributed by atoms with Crippen molar-refractivity contribution >= 4 is 22.0 Å². The molecule has 1 spiro atoms. The highest BCUT2D eigenvalue weighted by Gasteiger charge is 2.43. The first kappa shape index (κ1) is 18.3. The second-order valence-electron chi connectivity index (χ2n) is 7.37. The first-order valence-corrected chi connectivity index (χ1v) is 9.18. The Bertz CT molecular complexity index is 645. The van der Waals surface area contributed by atoms with Crippen LogP contribution in [0.4, 0.5) is 4.79 Å². The fourth-order valence-corrected chi connectivity index (χ4v) is 3.51. The average molecular weight is 414 g/mol. The molecule has 1 saturated heterocycles. The van der Waals surface area contributed by atoms with Crippen molar-refractivity contribution in [2.45, 2.75) is 51.6 Å². The normalized spacial score (nSPS) is 19.2. The fraction of sp³-hybridized carbons (Fsp3) is 0.611. The maximum absolute atomic E-state index is 12.2. The number of hydrogen-bond donors (Lipinski definition) is 0. The number of carbonyl (C=O) groups excluding carboxylic acids is 1. The van der Waals surface area contributed by atoms with Crippen LogP contribution in [0.1, 0.15) is 39.2 Å². The molecule has 1 aromatic carbocycles. The molecule has 2 aliphatic heterocycles. The summed E-state index contributed by atoms with van der Waals surface area (Å²) >= 11 is 3.47. The van der Waals surface area contributed by atoms with Crippen molar-refractivity contribution in [2.75, 3.05) is 20.2 Å². The molecular weight excluding hydrogens is 390 g/mol. The number of halogens is 1. The maximum Gasteiger partial charge on any atom is 0.410 e. The van der Waals surface area contributed by atoms with E-state index in [1.807, 2.05) is 32.9 Å². The molecule has 0 radical (unpaired) electrons. The van der Waals surface area contributed by atoms with Crippen LogP contribution in [0.25, 0.3) is 0 Å². The molecule has 0 saturated carbocycles. The van der Waals surface area contributed by atoms with Gasteiger partial charge in [0, 0.05) is 36.0 Å². The van der Waals surface area contributed by atoms with E-state index in [4.69, 9.17) is 18.9 Å². The molecule has 1 fully saturated rings. The minimum Gasteiger partial charge on any atom is -0.493 e. The van der Waals surface area contributed by atoms with Gasteiger partial charge in [0.15, 0.2) is 11.5 Å². The lowest BCUT2D eigenvalue weighted by atomic mass is 10.0. The number of benzene rings is 1. The average Bonchev–Trinajstić information content (AvgIpc) is 2.53. The predicted molar refractivity (Wildman–Crippen MR) is 95.9 cm³/mol.